The Kier molecular flexibility index (Phi) is 7.39. The van der Waals surface area contributed by atoms with Gasteiger partial charge < -0.3 is 10.6 Å². The molecule has 0 aliphatic carbocycles. The van der Waals surface area contributed by atoms with Crippen LogP contribution in [0.4, 0.5) is 0 Å². The van der Waals surface area contributed by atoms with Crippen molar-refractivity contribution >= 4 is 11.8 Å². The van der Waals surface area contributed by atoms with E-state index in [0.29, 0.717) is 30.0 Å². The van der Waals surface area contributed by atoms with E-state index >= 15 is 0 Å². The number of aromatic nitrogens is 5. The second-order valence-corrected chi connectivity index (χ2v) is 6.41. The van der Waals surface area contributed by atoms with Crippen molar-refractivity contribution in [2.75, 3.05) is 13.1 Å². The van der Waals surface area contributed by atoms with Gasteiger partial charge in [0.15, 0.2) is 5.82 Å². The first-order chi connectivity index (χ1) is 14.2. The Labute approximate surface area is 168 Å². The normalized spacial score (nSPS) is 10.5. The fourth-order valence-corrected chi connectivity index (χ4v) is 2.69. The van der Waals surface area contributed by atoms with E-state index < -0.39 is 0 Å². The number of nitrogens with zero attached hydrogens (tertiary/aromatic N) is 5. The molecule has 3 aromatic heterocycles. The van der Waals surface area contributed by atoms with Gasteiger partial charge in [0.25, 0.3) is 11.8 Å². The zero-order valence-electron chi connectivity index (χ0n) is 16.0. The molecule has 0 aromatic carbocycles. The molecule has 0 radical (unpaired) electrons. The highest BCUT2D eigenvalue weighted by Crippen LogP contribution is 2.04. The van der Waals surface area contributed by atoms with Gasteiger partial charge in [0, 0.05) is 31.7 Å². The summed E-state index contributed by atoms with van der Waals surface area (Å²) in [6.07, 6.45) is 11.4. The highest BCUT2D eigenvalue weighted by atomic mass is 16.2. The lowest BCUT2D eigenvalue weighted by Gasteiger charge is -2.07. The maximum atomic E-state index is 12.1. The fraction of sp³-hybridized carbons (Fsp3) is 0.300. The lowest BCUT2D eigenvalue weighted by molar-refractivity contribution is 0.0943. The molecule has 0 bridgehead atoms. The van der Waals surface area contributed by atoms with Crippen LogP contribution in [0.2, 0.25) is 0 Å². The van der Waals surface area contributed by atoms with Crippen molar-refractivity contribution in [2.45, 2.75) is 25.7 Å². The van der Waals surface area contributed by atoms with Crippen LogP contribution in [0, 0.1) is 0 Å². The first-order valence-electron chi connectivity index (χ1n) is 9.51. The summed E-state index contributed by atoms with van der Waals surface area (Å²) < 4.78 is 1.53. The molecule has 29 heavy (non-hydrogen) atoms. The highest BCUT2D eigenvalue weighted by Gasteiger charge is 2.07. The van der Waals surface area contributed by atoms with Crippen molar-refractivity contribution in [1.29, 1.82) is 0 Å². The SMILES string of the molecule is O=C(NCCCCCCNC(=O)c1ccc(-n2cncn2)nc1)c1cccnc1. The number of nitrogens with one attached hydrogen (secondary N) is 2. The largest absolute Gasteiger partial charge is 0.352 e. The number of hydrogen-bond acceptors (Lipinski definition) is 6. The summed E-state index contributed by atoms with van der Waals surface area (Å²) in [5, 5.41) is 9.77. The minimum Gasteiger partial charge on any atom is -0.352 e. The third-order valence-corrected chi connectivity index (χ3v) is 4.26. The van der Waals surface area contributed by atoms with Gasteiger partial charge in [-0.1, -0.05) is 12.8 Å². The number of carbonyl (C=O) groups excluding carboxylic acids is 2. The van der Waals surface area contributed by atoms with Crippen LogP contribution in [-0.4, -0.2) is 49.6 Å². The minimum absolute atomic E-state index is 0.103. The molecule has 3 heterocycles. The monoisotopic (exact) mass is 393 g/mol. The standard InChI is InChI=1S/C20H23N7O2/c28-19(16-6-5-9-21-12-16)23-10-3-1-2-4-11-24-20(29)17-7-8-18(25-13-17)27-15-22-14-26-27/h5-9,12-15H,1-4,10-11H2,(H,23,28)(H,24,29). The Bertz CT molecular complexity index is 896. The molecule has 0 fully saturated rings. The van der Waals surface area contributed by atoms with Gasteiger partial charge in [-0.05, 0) is 37.1 Å². The maximum Gasteiger partial charge on any atom is 0.252 e. The van der Waals surface area contributed by atoms with Crippen LogP contribution in [0.5, 0.6) is 0 Å². The van der Waals surface area contributed by atoms with Crippen LogP contribution in [0.25, 0.3) is 5.82 Å². The van der Waals surface area contributed by atoms with E-state index in [1.54, 1.807) is 43.0 Å². The predicted molar refractivity (Wildman–Crippen MR) is 107 cm³/mol. The quantitative estimate of drug-likeness (QED) is 0.508. The third-order valence-electron chi connectivity index (χ3n) is 4.26. The van der Waals surface area contributed by atoms with Gasteiger partial charge in [0.1, 0.15) is 12.7 Å². The number of unbranched alkanes of at least 4 members (excludes halogenated alkanes) is 3. The predicted octanol–water partition coefficient (Wildman–Crippen LogP) is 1.78. The molecule has 3 rings (SSSR count). The molecule has 0 saturated heterocycles. The van der Waals surface area contributed by atoms with Crippen LogP contribution in [0.15, 0.2) is 55.5 Å². The summed E-state index contributed by atoms with van der Waals surface area (Å²) in [6.45, 7) is 1.23. The lowest BCUT2D eigenvalue weighted by Crippen LogP contribution is -2.25. The van der Waals surface area contributed by atoms with Crippen molar-refractivity contribution in [3.8, 4) is 5.82 Å². The summed E-state index contributed by atoms with van der Waals surface area (Å²) in [4.78, 5) is 36.0. The number of pyridine rings is 2. The molecular weight excluding hydrogens is 370 g/mol. The maximum absolute atomic E-state index is 12.1. The zero-order chi connectivity index (χ0) is 20.3. The smallest absolute Gasteiger partial charge is 0.252 e. The van der Waals surface area contributed by atoms with Crippen LogP contribution in [-0.2, 0) is 0 Å². The van der Waals surface area contributed by atoms with Crippen molar-refractivity contribution in [3.05, 3.63) is 66.6 Å². The summed E-state index contributed by atoms with van der Waals surface area (Å²) in [7, 11) is 0. The van der Waals surface area contributed by atoms with Gasteiger partial charge in [0.05, 0.1) is 11.1 Å². The van der Waals surface area contributed by atoms with E-state index in [9.17, 15) is 9.59 Å². The molecule has 3 aromatic rings. The van der Waals surface area contributed by atoms with Crippen LogP contribution >= 0.6 is 0 Å². The molecule has 0 aliphatic heterocycles. The van der Waals surface area contributed by atoms with E-state index in [-0.39, 0.29) is 11.8 Å². The van der Waals surface area contributed by atoms with Crippen molar-refractivity contribution in [1.82, 2.24) is 35.4 Å². The minimum atomic E-state index is -0.147. The molecule has 2 amide bonds. The average Bonchev–Trinajstić information content (AvgIpc) is 3.31. The summed E-state index contributed by atoms with van der Waals surface area (Å²) in [6, 6.07) is 6.92. The first-order valence-corrected chi connectivity index (χ1v) is 9.51. The van der Waals surface area contributed by atoms with Crippen molar-refractivity contribution in [2.24, 2.45) is 0 Å². The highest BCUT2D eigenvalue weighted by molar-refractivity contribution is 5.94. The molecule has 9 heteroatoms. The van der Waals surface area contributed by atoms with E-state index in [1.807, 2.05) is 0 Å². The van der Waals surface area contributed by atoms with E-state index in [2.05, 4.69) is 30.7 Å². The summed E-state index contributed by atoms with van der Waals surface area (Å²) >= 11 is 0. The second kappa shape index (κ2) is 10.6. The summed E-state index contributed by atoms with van der Waals surface area (Å²) in [5.41, 5.74) is 1.08. The van der Waals surface area contributed by atoms with Gasteiger partial charge in [-0.3, -0.25) is 14.6 Å². The topological polar surface area (TPSA) is 115 Å². The number of amides is 2. The first kappa shape index (κ1) is 20.1. The van der Waals surface area contributed by atoms with Crippen molar-refractivity contribution < 1.29 is 9.59 Å². The van der Waals surface area contributed by atoms with E-state index in [1.165, 1.54) is 17.2 Å². The van der Waals surface area contributed by atoms with E-state index in [0.717, 1.165) is 25.7 Å². The van der Waals surface area contributed by atoms with Crippen LogP contribution in [0.1, 0.15) is 46.4 Å². The van der Waals surface area contributed by atoms with Gasteiger partial charge in [-0.25, -0.2) is 14.6 Å². The summed E-state index contributed by atoms with van der Waals surface area (Å²) in [5.74, 6) is 0.356. The molecule has 0 aliphatic rings. The van der Waals surface area contributed by atoms with Gasteiger partial charge in [0.2, 0.25) is 0 Å². The number of carbonyl (C=O) groups is 2. The molecule has 0 unspecified atom stereocenters. The van der Waals surface area contributed by atoms with Crippen molar-refractivity contribution in [3.63, 3.8) is 0 Å². The van der Waals surface area contributed by atoms with Gasteiger partial charge in [-0.15, -0.1) is 0 Å². The van der Waals surface area contributed by atoms with Crippen LogP contribution in [0.3, 0.4) is 0 Å². The Hall–Kier alpha value is -3.62. The number of hydrogen-bond donors (Lipinski definition) is 2. The Morgan fingerprint density at radius 3 is 2.14 bits per heavy atom. The Morgan fingerprint density at radius 2 is 1.59 bits per heavy atom. The van der Waals surface area contributed by atoms with Gasteiger partial charge in [-0.2, -0.15) is 5.10 Å². The fourth-order valence-electron chi connectivity index (χ4n) is 2.69. The Balaban J connectivity index is 1.26. The zero-order valence-corrected chi connectivity index (χ0v) is 16.0. The van der Waals surface area contributed by atoms with E-state index in [4.69, 9.17) is 0 Å². The molecule has 0 spiro atoms. The Morgan fingerprint density at radius 1 is 0.862 bits per heavy atom. The molecular formula is C20H23N7O2. The molecule has 0 saturated carbocycles. The molecule has 2 N–H and O–H groups in total. The molecule has 150 valence electrons. The van der Waals surface area contributed by atoms with Crippen LogP contribution < -0.4 is 10.6 Å². The molecule has 9 nitrogen and oxygen atoms in total. The lowest BCUT2D eigenvalue weighted by atomic mass is 10.2. The molecule has 0 atom stereocenters. The number of rotatable bonds is 10. The third kappa shape index (κ3) is 6.20. The second-order valence-electron chi connectivity index (χ2n) is 6.41. The average molecular weight is 393 g/mol. The van der Waals surface area contributed by atoms with Gasteiger partial charge >= 0.3 is 0 Å².